The molecule has 2 aromatic rings. The zero-order chi connectivity index (χ0) is 18.5. The van der Waals surface area contributed by atoms with Gasteiger partial charge in [0.1, 0.15) is 24.4 Å². The molecule has 0 aromatic heterocycles. The van der Waals surface area contributed by atoms with Gasteiger partial charge < -0.3 is 24.7 Å². The number of benzene rings is 2. The normalized spacial score (nSPS) is 19.3. The molecule has 2 atom stereocenters. The third kappa shape index (κ3) is 4.28. The van der Waals surface area contributed by atoms with E-state index in [-0.39, 0.29) is 17.8 Å². The Kier molecular flexibility index (Phi) is 6.00. The summed E-state index contributed by atoms with van der Waals surface area (Å²) >= 11 is 1.55. The Hall–Kier alpha value is -2.25. The Bertz CT molecular complexity index is 786. The molecule has 26 heavy (non-hydrogen) atoms. The number of quaternary nitrogens is 1. The molecule has 0 bridgehead atoms. The SMILES string of the molecule is CCOc1cc([C@@H]2[NH2+][C@H](C(=O)[O-])CS2)ccc1OCc1ccccc1F. The molecule has 0 unspecified atom stereocenters. The monoisotopic (exact) mass is 377 g/mol. The highest BCUT2D eigenvalue weighted by molar-refractivity contribution is 7.99. The topological polar surface area (TPSA) is 75.2 Å². The van der Waals surface area contributed by atoms with Gasteiger partial charge in [0.05, 0.1) is 12.4 Å². The molecule has 2 aromatic carbocycles. The maximum Gasteiger partial charge on any atom is 0.161 e. The second kappa shape index (κ2) is 8.42. The average Bonchev–Trinajstić information content (AvgIpc) is 3.12. The first-order valence-corrected chi connectivity index (χ1v) is 9.43. The smallest absolute Gasteiger partial charge is 0.161 e. The third-order valence-electron chi connectivity index (χ3n) is 4.10. The summed E-state index contributed by atoms with van der Waals surface area (Å²) in [4.78, 5) is 11.0. The van der Waals surface area contributed by atoms with Crippen molar-refractivity contribution in [3.63, 3.8) is 0 Å². The molecule has 5 nitrogen and oxygen atoms in total. The largest absolute Gasteiger partial charge is 0.544 e. The fraction of sp³-hybridized carbons (Fsp3) is 0.316. The van der Waals surface area contributed by atoms with E-state index >= 15 is 0 Å². The predicted octanol–water partition coefficient (Wildman–Crippen LogP) is 1.23. The number of carbonyl (C=O) groups is 1. The number of carbonyl (C=O) groups excluding carboxylic acids is 1. The van der Waals surface area contributed by atoms with Crippen LogP contribution in [0.5, 0.6) is 11.5 Å². The van der Waals surface area contributed by atoms with Gasteiger partial charge in [-0.15, -0.1) is 0 Å². The first-order chi connectivity index (χ1) is 12.6. The molecule has 0 saturated carbocycles. The van der Waals surface area contributed by atoms with Crippen molar-refractivity contribution in [3.05, 3.63) is 59.4 Å². The van der Waals surface area contributed by atoms with Crippen LogP contribution in [0.2, 0.25) is 0 Å². The number of thioether (sulfide) groups is 1. The first kappa shape index (κ1) is 18.5. The van der Waals surface area contributed by atoms with Crippen molar-refractivity contribution in [3.8, 4) is 11.5 Å². The molecule has 0 aliphatic carbocycles. The second-order valence-electron chi connectivity index (χ2n) is 5.89. The number of halogens is 1. The minimum absolute atomic E-state index is 0.0299. The van der Waals surface area contributed by atoms with Gasteiger partial charge in [0.25, 0.3) is 0 Å². The van der Waals surface area contributed by atoms with Gasteiger partial charge in [-0.2, -0.15) is 0 Å². The lowest BCUT2D eigenvalue weighted by Crippen LogP contribution is -2.90. The van der Waals surface area contributed by atoms with Gasteiger partial charge in [-0.1, -0.05) is 30.0 Å². The number of nitrogens with two attached hydrogens (primary N) is 1. The number of aliphatic carboxylic acids is 1. The van der Waals surface area contributed by atoms with E-state index in [1.54, 1.807) is 41.3 Å². The van der Waals surface area contributed by atoms with Crippen LogP contribution in [0.4, 0.5) is 4.39 Å². The van der Waals surface area contributed by atoms with Gasteiger partial charge in [0.15, 0.2) is 16.9 Å². The number of hydrogen-bond donors (Lipinski definition) is 1. The van der Waals surface area contributed by atoms with E-state index in [0.29, 0.717) is 29.4 Å². The average molecular weight is 377 g/mol. The van der Waals surface area contributed by atoms with E-state index in [1.807, 2.05) is 19.1 Å². The third-order valence-corrected chi connectivity index (χ3v) is 5.44. The molecular formula is C19H20FNO4S. The highest BCUT2D eigenvalue weighted by Gasteiger charge is 2.31. The summed E-state index contributed by atoms with van der Waals surface area (Å²) in [6.07, 6.45) is 0. The van der Waals surface area contributed by atoms with Crippen LogP contribution < -0.4 is 19.9 Å². The van der Waals surface area contributed by atoms with E-state index < -0.39 is 12.0 Å². The summed E-state index contributed by atoms with van der Waals surface area (Å²) in [7, 11) is 0. The Morgan fingerprint density at radius 2 is 2.08 bits per heavy atom. The Morgan fingerprint density at radius 3 is 2.77 bits per heavy atom. The fourth-order valence-electron chi connectivity index (χ4n) is 2.74. The second-order valence-corrected chi connectivity index (χ2v) is 7.07. The van der Waals surface area contributed by atoms with Crippen molar-refractivity contribution in [1.29, 1.82) is 0 Å². The van der Waals surface area contributed by atoms with Gasteiger partial charge in [-0.25, -0.2) is 4.39 Å². The summed E-state index contributed by atoms with van der Waals surface area (Å²) in [6, 6.07) is 11.4. The van der Waals surface area contributed by atoms with E-state index in [9.17, 15) is 14.3 Å². The molecule has 0 spiro atoms. The molecule has 7 heteroatoms. The fourth-order valence-corrected chi connectivity index (χ4v) is 4.05. The lowest BCUT2D eigenvalue weighted by molar-refractivity contribution is -0.690. The maximum atomic E-state index is 13.7. The van der Waals surface area contributed by atoms with Gasteiger partial charge >= 0.3 is 0 Å². The molecule has 2 N–H and O–H groups in total. The van der Waals surface area contributed by atoms with Crippen LogP contribution in [0.25, 0.3) is 0 Å². The van der Waals surface area contributed by atoms with E-state index in [4.69, 9.17) is 9.47 Å². The number of ether oxygens (including phenoxy) is 2. The molecule has 1 heterocycles. The minimum atomic E-state index is -1.05. The van der Waals surface area contributed by atoms with E-state index in [1.165, 1.54) is 6.07 Å². The van der Waals surface area contributed by atoms with Crippen LogP contribution >= 0.6 is 11.8 Å². The van der Waals surface area contributed by atoms with Crippen LogP contribution in [0, 0.1) is 5.82 Å². The number of hydrogen-bond acceptors (Lipinski definition) is 5. The lowest BCUT2D eigenvalue weighted by atomic mass is 10.2. The summed E-state index contributed by atoms with van der Waals surface area (Å²) in [5.74, 6) is 0.232. The molecule has 1 saturated heterocycles. The van der Waals surface area contributed by atoms with Gasteiger partial charge in [0.2, 0.25) is 0 Å². The maximum absolute atomic E-state index is 13.7. The predicted molar refractivity (Wildman–Crippen MR) is 94.3 cm³/mol. The van der Waals surface area contributed by atoms with Crippen molar-refractivity contribution >= 4 is 17.7 Å². The molecule has 1 aliphatic rings. The van der Waals surface area contributed by atoms with Gasteiger partial charge in [-0.3, -0.25) is 0 Å². The van der Waals surface area contributed by atoms with Crippen LogP contribution in [0.1, 0.15) is 23.4 Å². The van der Waals surface area contributed by atoms with Crippen molar-refractivity contribution < 1.29 is 29.1 Å². The number of carboxylic acids is 1. The Morgan fingerprint density at radius 1 is 1.27 bits per heavy atom. The summed E-state index contributed by atoms with van der Waals surface area (Å²) in [6.45, 7) is 2.43. The van der Waals surface area contributed by atoms with Gasteiger partial charge in [0, 0.05) is 11.1 Å². The molecule has 1 fully saturated rings. The Labute approximate surface area is 155 Å². The van der Waals surface area contributed by atoms with Crippen molar-refractivity contribution in [2.45, 2.75) is 24.9 Å². The summed E-state index contributed by atoms with van der Waals surface area (Å²) in [5, 5.41) is 12.8. The zero-order valence-electron chi connectivity index (χ0n) is 14.3. The van der Waals surface area contributed by atoms with Crippen LogP contribution in [0.15, 0.2) is 42.5 Å². The quantitative estimate of drug-likeness (QED) is 0.786. The first-order valence-electron chi connectivity index (χ1n) is 8.39. The molecule has 0 amide bonds. The lowest BCUT2D eigenvalue weighted by Gasteiger charge is -2.16. The van der Waals surface area contributed by atoms with Crippen molar-refractivity contribution in [1.82, 2.24) is 0 Å². The molecule has 1 aliphatic heterocycles. The van der Waals surface area contributed by atoms with Crippen molar-refractivity contribution in [2.24, 2.45) is 0 Å². The van der Waals surface area contributed by atoms with Gasteiger partial charge in [-0.05, 0) is 31.2 Å². The summed E-state index contributed by atoms with van der Waals surface area (Å²) in [5.41, 5.74) is 1.41. The molecule has 138 valence electrons. The zero-order valence-corrected chi connectivity index (χ0v) is 15.1. The van der Waals surface area contributed by atoms with Crippen molar-refractivity contribution in [2.75, 3.05) is 12.4 Å². The standard InChI is InChI=1S/C19H20FNO4S/c1-2-24-17-9-12(18-21-15(11-26-18)19(22)23)7-8-16(17)25-10-13-5-3-4-6-14(13)20/h3-9,15,18,21H,2,10-11H2,1H3,(H,22,23)/t15-,18+/m0/s1. The van der Waals surface area contributed by atoms with E-state index in [0.717, 1.165) is 5.56 Å². The Balaban J connectivity index is 1.74. The number of rotatable bonds is 7. The highest BCUT2D eigenvalue weighted by Crippen LogP contribution is 2.35. The molecule has 3 rings (SSSR count). The summed E-state index contributed by atoms with van der Waals surface area (Å²) < 4.78 is 25.1. The van der Waals surface area contributed by atoms with E-state index in [2.05, 4.69) is 0 Å². The molecule has 0 radical (unpaired) electrons. The van der Waals surface area contributed by atoms with Crippen LogP contribution in [-0.4, -0.2) is 24.4 Å². The highest BCUT2D eigenvalue weighted by atomic mass is 32.2. The van der Waals surface area contributed by atoms with Crippen LogP contribution in [0.3, 0.4) is 0 Å². The number of carboxylic acid groups (broad SMARTS) is 1. The minimum Gasteiger partial charge on any atom is -0.544 e. The molecular weight excluding hydrogens is 357 g/mol. The van der Waals surface area contributed by atoms with Crippen LogP contribution in [-0.2, 0) is 11.4 Å².